The number of carbonyl (C=O) groups is 2. The van der Waals surface area contributed by atoms with Crippen molar-refractivity contribution in [1.82, 2.24) is 0 Å². The first-order chi connectivity index (χ1) is 15.8. The molecule has 1 fully saturated rings. The van der Waals surface area contributed by atoms with Gasteiger partial charge in [0.2, 0.25) is 0 Å². The molecule has 0 radical (unpaired) electrons. The monoisotopic (exact) mass is 461 g/mol. The zero-order valence-electron chi connectivity index (χ0n) is 18.6. The van der Waals surface area contributed by atoms with Crippen LogP contribution in [0.1, 0.15) is 35.2 Å². The maximum Gasteiger partial charge on any atom is 0.300 e. The van der Waals surface area contributed by atoms with E-state index in [2.05, 4.69) is 0 Å². The standard InChI is InChI=1S/C27H24ClNO4/c1-4-33-19-13-14-21(28)20(15-19)25(30)23-24(18-10-6-5-7-11-18)29(27(32)26(23)31)22-12-8-9-16(2)17(22)3/h5-15,24,30H,4H2,1-3H3/b25-23+. The van der Waals surface area contributed by atoms with Crippen LogP contribution in [0.5, 0.6) is 5.75 Å². The van der Waals surface area contributed by atoms with E-state index in [0.29, 0.717) is 23.6 Å². The number of amides is 1. The second-order valence-corrected chi connectivity index (χ2v) is 8.28. The number of aliphatic hydroxyl groups excluding tert-OH is 1. The average Bonchev–Trinajstić information content (AvgIpc) is 3.08. The predicted octanol–water partition coefficient (Wildman–Crippen LogP) is 5.98. The van der Waals surface area contributed by atoms with Crippen LogP contribution in [-0.2, 0) is 9.59 Å². The molecule has 1 amide bonds. The molecule has 0 aromatic heterocycles. The normalized spacial score (nSPS) is 17.5. The van der Waals surface area contributed by atoms with Crippen molar-refractivity contribution in [3.8, 4) is 5.75 Å². The lowest BCUT2D eigenvalue weighted by atomic mass is 9.94. The van der Waals surface area contributed by atoms with Crippen LogP contribution in [0.4, 0.5) is 5.69 Å². The molecular weight excluding hydrogens is 438 g/mol. The van der Waals surface area contributed by atoms with Crippen LogP contribution in [0.15, 0.2) is 72.3 Å². The van der Waals surface area contributed by atoms with Crippen LogP contribution < -0.4 is 9.64 Å². The molecule has 3 aromatic rings. The second kappa shape index (κ2) is 9.12. The van der Waals surface area contributed by atoms with E-state index in [-0.39, 0.29) is 21.9 Å². The number of hydrogen-bond donors (Lipinski definition) is 1. The van der Waals surface area contributed by atoms with E-state index in [4.69, 9.17) is 16.3 Å². The van der Waals surface area contributed by atoms with Crippen LogP contribution in [0.3, 0.4) is 0 Å². The minimum Gasteiger partial charge on any atom is -0.507 e. The molecule has 0 spiro atoms. The van der Waals surface area contributed by atoms with Crippen molar-refractivity contribution in [1.29, 1.82) is 0 Å². The van der Waals surface area contributed by atoms with Gasteiger partial charge in [-0.3, -0.25) is 14.5 Å². The van der Waals surface area contributed by atoms with Gasteiger partial charge in [-0.25, -0.2) is 0 Å². The quantitative estimate of drug-likeness (QED) is 0.288. The summed E-state index contributed by atoms with van der Waals surface area (Å²) >= 11 is 6.39. The summed E-state index contributed by atoms with van der Waals surface area (Å²) in [7, 11) is 0. The average molecular weight is 462 g/mol. The van der Waals surface area contributed by atoms with Gasteiger partial charge >= 0.3 is 0 Å². The van der Waals surface area contributed by atoms with Gasteiger partial charge in [-0.2, -0.15) is 0 Å². The first-order valence-corrected chi connectivity index (χ1v) is 11.1. The molecule has 1 heterocycles. The fraction of sp³-hybridized carbons (Fsp3) is 0.185. The number of aryl methyl sites for hydroxylation is 1. The highest BCUT2D eigenvalue weighted by Crippen LogP contribution is 2.44. The largest absolute Gasteiger partial charge is 0.507 e. The summed E-state index contributed by atoms with van der Waals surface area (Å²) in [6, 6.07) is 18.9. The lowest BCUT2D eigenvalue weighted by Crippen LogP contribution is -2.30. The molecule has 4 rings (SSSR count). The highest BCUT2D eigenvalue weighted by atomic mass is 35.5. The number of rotatable bonds is 5. The number of anilines is 1. The Balaban J connectivity index is 1.98. The summed E-state index contributed by atoms with van der Waals surface area (Å²) in [5.74, 6) is -1.29. The van der Waals surface area contributed by atoms with Gasteiger partial charge in [0.05, 0.1) is 23.2 Å². The van der Waals surface area contributed by atoms with Gasteiger partial charge in [-0.05, 0) is 61.7 Å². The first-order valence-electron chi connectivity index (χ1n) is 10.7. The molecule has 6 heteroatoms. The fourth-order valence-electron chi connectivity index (χ4n) is 4.12. The van der Waals surface area contributed by atoms with Crippen LogP contribution in [0, 0.1) is 13.8 Å². The second-order valence-electron chi connectivity index (χ2n) is 7.87. The lowest BCUT2D eigenvalue weighted by molar-refractivity contribution is -0.132. The minimum absolute atomic E-state index is 0.0114. The highest BCUT2D eigenvalue weighted by Gasteiger charge is 2.47. The maximum atomic E-state index is 13.3. The SMILES string of the molecule is CCOc1ccc(Cl)c(/C(O)=C2\C(=O)C(=O)N(c3cccc(C)c3C)C2c2ccccc2)c1. The molecule has 1 N–H and O–H groups in total. The lowest BCUT2D eigenvalue weighted by Gasteiger charge is -2.27. The Hall–Kier alpha value is -3.57. The molecule has 5 nitrogen and oxygen atoms in total. The molecule has 0 saturated carbocycles. The molecule has 1 aliphatic rings. The number of benzene rings is 3. The number of ether oxygens (including phenoxy) is 1. The van der Waals surface area contributed by atoms with E-state index in [1.165, 1.54) is 4.90 Å². The van der Waals surface area contributed by atoms with E-state index >= 15 is 0 Å². The number of halogens is 1. The molecule has 1 saturated heterocycles. The summed E-state index contributed by atoms with van der Waals surface area (Å²) in [5.41, 5.74) is 3.44. The van der Waals surface area contributed by atoms with Gasteiger partial charge in [-0.15, -0.1) is 0 Å². The first kappa shape index (κ1) is 22.6. The van der Waals surface area contributed by atoms with Crippen molar-refractivity contribution >= 4 is 34.7 Å². The topological polar surface area (TPSA) is 66.8 Å². The van der Waals surface area contributed by atoms with E-state index in [0.717, 1.165) is 11.1 Å². The fourth-order valence-corrected chi connectivity index (χ4v) is 4.32. The molecule has 3 aromatic carbocycles. The van der Waals surface area contributed by atoms with Crippen LogP contribution >= 0.6 is 11.6 Å². The number of hydrogen-bond acceptors (Lipinski definition) is 4. The molecule has 1 aliphatic heterocycles. The Morgan fingerprint density at radius 1 is 1.03 bits per heavy atom. The third-order valence-electron chi connectivity index (χ3n) is 5.90. The van der Waals surface area contributed by atoms with Gasteiger partial charge in [0.15, 0.2) is 0 Å². The van der Waals surface area contributed by atoms with Crippen molar-refractivity contribution in [3.63, 3.8) is 0 Å². The summed E-state index contributed by atoms with van der Waals surface area (Å²) in [6.45, 7) is 6.14. The van der Waals surface area contributed by atoms with Crippen molar-refractivity contribution in [2.45, 2.75) is 26.8 Å². The maximum absolute atomic E-state index is 13.3. The van der Waals surface area contributed by atoms with Gasteiger partial charge in [-0.1, -0.05) is 54.1 Å². The van der Waals surface area contributed by atoms with Gasteiger partial charge in [0.1, 0.15) is 11.5 Å². The molecule has 1 atom stereocenters. The molecule has 0 bridgehead atoms. The smallest absolute Gasteiger partial charge is 0.300 e. The number of nitrogens with zero attached hydrogens (tertiary/aromatic N) is 1. The van der Waals surface area contributed by atoms with E-state index in [9.17, 15) is 14.7 Å². The van der Waals surface area contributed by atoms with Gasteiger partial charge in [0, 0.05) is 11.3 Å². The van der Waals surface area contributed by atoms with Crippen molar-refractivity contribution in [2.75, 3.05) is 11.5 Å². The molecule has 0 aliphatic carbocycles. The van der Waals surface area contributed by atoms with Crippen molar-refractivity contribution < 1.29 is 19.4 Å². The Kier molecular flexibility index (Phi) is 6.25. The summed E-state index contributed by atoms with van der Waals surface area (Å²) in [5, 5.41) is 11.6. The van der Waals surface area contributed by atoms with E-state index < -0.39 is 17.7 Å². The van der Waals surface area contributed by atoms with Gasteiger partial charge < -0.3 is 9.84 Å². The Bertz CT molecular complexity index is 1270. The van der Waals surface area contributed by atoms with Crippen LogP contribution in [0.25, 0.3) is 5.76 Å². The van der Waals surface area contributed by atoms with Crippen LogP contribution in [-0.4, -0.2) is 23.4 Å². The summed E-state index contributed by atoms with van der Waals surface area (Å²) in [4.78, 5) is 28.1. The third kappa shape index (κ3) is 4.00. The molecular formula is C27H24ClNO4. The molecule has 1 unspecified atom stereocenters. The zero-order chi connectivity index (χ0) is 23.7. The van der Waals surface area contributed by atoms with Gasteiger partial charge in [0.25, 0.3) is 11.7 Å². The van der Waals surface area contributed by atoms with Crippen LogP contribution in [0.2, 0.25) is 5.02 Å². The Morgan fingerprint density at radius 3 is 2.45 bits per heavy atom. The highest BCUT2D eigenvalue weighted by molar-refractivity contribution is 6.52. The number of carbonyl (C=O) groups excluding carboxylic acids is 2. The van der Waals surface area contributed by atoms with E-state index in [1.807, 2.05) is 69.3 Å². The minimum atomic E-state index is -0.807. The van der Waals surface area contributed by atoms with E-state index in [1.54, 1.807) is 18.2 Å². The zero-order valence-corrected chi connectivity index (χ0v) is 19.4. The number of Topliss-reactive ketones (excluding diaryl/α,β-unsaturated/α-hetero) is 1. The number of aliphatic hydroxyl groups is 1. The van der Waals surface area contributed by atoms with Crippen molar-refractivity contribution in [3.05, 3.63) is 99.6 Å². The Morgan fingerprint density at radius 2 is 1.76 bits per heavy atom. The summed E-state index contributed by atoms with van der Waals surface area (Å²) < 4.78 is 5.54. The molecule has 168 valence electrons. The number of ketones is 1. The summed E-state index contributed by atoms with van der Waals surface area (Å²) in [6.07, 6.45) is 0. The van der Waals surface area contributed by atoms with Crippen molar-refractivity contribution in [2.24, 2.45) is 0 Å². The predicted molar refractivity (Wildman–Crippen MR) is 130 cm³/mol. The Labute approximate surface area is 197 Å². The molecule has 33 heavy (non-hydrogen) atoms. The third-order valence-corrected chi connectivity index (χ3v) is 6.23.